The van der Waals surface area contributed by atoms with Gasteiger partial charge in [0.25, 0.3) is 0 Å². The van der Waals surface area contributed by atoms with E-state index in [9.17, 15) is 4.79 Å². The fraction of sp³-hybridized carbons (Fsp3) is 0.188. The third-order valence-electron chi connectivity index (χ3n) is 3.42. The second kappa shape index (κ2) is 5.51. The van der Waals surface area contributed by atoms with Gasteiger partial charge in [0.05, 0.1) is 6.54 Å². The van der Waals surface area contributed by atoms with Crippen LogP contribution in [0.25, 0.3) is 6.08 Å². The zero-order chi connectivity index (χ0) is 13.9. The standard InChI is InChI=1S/C16H15NO2S/c18-16(19)6-5-12-9-14(20-11-12)10-17-8-7-13-3-1-2-4-15(13)17/h1-6,9,11H,7-8,10H2,(H,18,19). The number of thiophene rings is 1. The molecular weight excluding hydrogens is 270 g/mol. The molecule has 102 valence electrons. The Kier molecular flexibility index (Phi) is 3.56. The number of benzene rings is 1. The summed E-state index contributed by atoms with van der Waals surface area (Å²) in [5.74, 6) is -0.911. The maximum atomic E-state index is 10.5. The average molecular weight is 285 g/mol. The Hall–Kier alpha value is -2.07. The molecule has 3 nitrogen and oxygen atoms in total. The Morgan fingerprint density at radius 3 is 3.10 bits per heavy atom. The number of carboxylic acid groups (broad SMARTS) is 1. The van der Waals surface area contributed by atoms with Crippen LogP contribution in [-0.4, -0.2) is 17.6 Å². The number of anilines is 1. The summed E-state index contributed by atoms with van der Waals surface area (Å²) in [6, 6.07) is 10.6. The van der Waals surface area contributed by atoms with Crippen molar-refractivity contribution in [1.29, 1.82) is 0 Å². The molecule has 1 aromatic heterocycles. The van der Waals surface area contributed by atoms with E-state index in [-0.39, 0.29) is 0 Å². The molecular formula is C16H15NO2S. The van der Waals surface area contributed by atoms with E-state index < -0.39 is 5.97 Å². The third-order valence-corrected chi connectivity index (χ3v) is 4.36. The van der Waals surface area contributed by atoms with E-state index in [4.69, 9.17) is 5.11 Å². The van der Waals surface area contributed by atoms with Gasteiger partial charge in [-0.2, -0.15) is 0 Å². The monoisotopic (exact) mass is 285 g/mol. The Morgan fingerprint density at radius 2 is 2.25 bits per heavy atom. The van der Waals surface area contributed by atoms with Gasteiger partial charge in [0.1, 0.15) is 0 Å². The van der Waals surface area contributed by atoms with Crippen molar-refractivity contribution >= 4 is 29.1 Å². The van der Waals surface area contributed by atoms with E-state index >= 15 is 0 Å². The van der Waals surface area contributed by atoms with Crippen molar-refractivity contribution in [2.75, 3.05) is 11.4 Å². The first-order chi connectivity index (χ1) is 9.72. The zero-order valence-corrected chi connectivity index (χ0v) is 11.8. The molecule has 0 radical (unpaired) electrons. The van der Waals surface area contributed by atoms with Crippen molar-refractivity contribution in [2.45, 2.75) is 13.0 Å². The van der Waals surface area contributed by atoms with Gasteiger partial charge in [-0.25, -0.2) is 4.79 Å². The highest BCUT2D eigenvalue weighted by Crippen LogP contribution is 2.30. The van der Waals surface area contributed by atoms with Crippen molar-refractivity contribution in [2.24, 2.45) is 0 Å². The highest BCUT2D eigenvalue weighted by atomic mass is 32.1. The smallest absolute Gasteiger partial charge is 0.328 e. The lowest BCUT2D eigenvalue weighted by atomic mass is 10.2. The lowest BCUT2D eigenvalue weighted by molar-refractivity contribution is -0.131. The second-order valence-electron chi connectivity index (χ2n) is 4.82. The van der Waals surface area contributed by atoms with Crippen LogP contribution in [-0.2, 0) is 17.8 Å². The number of carbonyl (C=O) groups is 1. The lowest BCUT2D eigenvalue weighted by Crippen LogP contribution is -2.18. The molecule has 20 heavy (non-hydrogen) atoms. The van der Waals surface area contributed by atoms with Crippen LogP contribution in [0.1, 0.15) is 16.0 Å². The van der Waals surface area contributed by atoms with Crippen LogP contribution in [0, 0.1) is 0 Å². The topological polar surface area (TPSA) is 40.5 Å². The van der Waals surface area contributed by atoms with Gasteiger partial charge in [-0.1, -0.05) is 18.2 Å². The quantitative estimate of drug-likeness (QED) is 0.875. The first kappa shape index (κ1) is 12.9. The van der Waals surface area contributed by atoms with Crippen molar-refractivity contribution < 1.29 is 9.90 Å². The van der Waals surface area contributed by atoms with E-state index in [0.29, 0.717) is 0 Å². The van der Waals surface area contributed by atoms with Crippen LogP contribution in [0.3, 0.4) is 0 Å². The van der Waals surface area contributed by atoms with Crippen molar-refractivity contribution in [1.82, 2.24) is 0 Å². The van der Waals surface area contributed by atoms with Gasteiger partial charge < -0.3 is 10.0 Å². The molecule has 0 spiro atoms. The number of nitrogens with zero attached hydrogens (tertiary/aromatic N) is 1. The highest BCUT2D eigenvalue weighted by molar-refractivity contribution is 7.10. The summed E-state index contributed by atoms with van der Waals surface area (Å²) in [4.78, 5) is 14.1. The number of hydrogen-bond acceptors (Lipinski definition) is 3. The van der Waals surface area contributed by atoms with Crippen LogP contribution in [0.15, 0.2) is 41.8 Å². The molecule has 0 amide bonds. The van der Waals surface area contributed by atoms with Crippen molar-refractivity contribution in [3.05, 3.63) is 57.8 Å². The number of rotatable bonds is 4. The maximum Gasteiger partial charge on any atom is 0.328 e. The van der Waals surface area contributed by atoms with Gasteiger partial charge in [0.2, 0.25) is 0 Å². The van der Waals surface area contributed by atoms with Crippen molar-refractivity contribution in [3.63, 3.8) is 0 Å². The molecule has 4 heteroatoms. The predicted molar refractivity (Wildman–Crippen MR) is 82.2 cm³/mol. The fourth-order valence-corrected chi connectivity index (χ4v) is 3.36. The average Bonchev–Trinajstić information content (AvgIpc) is 3.05. The van der Waals surface area contributed by atoms with Gasteiger partial charge in [-0.15, -0.1) is 11.3 Å². The van der Waals surface area contributed by atoms with Crippen LogP contribution in [0.4, 0.5) is 5.69 Å². The number of aliphatic carboxylic acids is 1. The van der Waals surface area contributed by atoms with Gasteiger partial charge in [-0.05, 0) is 41.1 Å². The maximum absolute atomic E-state index is 10.5. The van der Waals surface area contributed by atoms with Gasteiger partial charge >= 0.3 is 5.97 Å². The minimum atomic E-state index is -0.911. The van der Waals surface area contributed by atoms with Crippen molar-refractivity contribution in [3.8, 4) is 0 Å². The fourth-order valence-electron chi connectivity index (χ4n) is 2.49. The molecule has 3 rings (SSSR count). The highest BCUT2D eigenvalue weighted by Gasteiger charge is 2.18. The molecule has 1 aliphatic rings. The van der Waals surface area contributed by atoms with Crippen LogP contribution >= 0.6 is 11.3 Å². The summed E-state index contributed by atoms with van der Waals surface area (Å²) >= 11 is 1.68. The Balaban J connectivity index is 1.72. The molecule has 0 fully saturated rings. The first-order valence-electron chi connectivity index (χ1n) is 6.53. The van der Waals surface area contributed by atoms with Gasteiger partial charge in [0, 0.05) is 23.2 Å². The van der Waals surface area contributed by atoms with E-state index in [2.05, 4.69) is 35.2 Å². The van der Waals surface area contributed by atoms with Gasteiger partial charge in [0.15, 0.2) is 0 Å². The van der Waals surface area contributed by atoms with Crippen LogP contribution < -0.4 is 4.90 Å². The number of carboxylic acids is 1. The molecule has 1 aromatic carbocycles. The van der Waals surface area contributed by atoms with E-state index in [0.717, 1.165) is 25.1 Å². The molecule has 0 unspecified atom stereocenters. The molecule has 0 aliphatic carbocycles. The molecule has 0 bridgehead atoms. The van der Waals surface area contributed by atoms with E-state index in [1.165, 1.54) is 22.2 Å². The van der Waals surface area contributed by atoms with Crippen LogP contribution in [0.2, 0.25) is 0 Å². The number of hydrogen-bond donors (Lipinski definition) is 1. The Morgan fingerprint density at radius 1 is 1.40 bits per heavy atom. The molecule has 0 saturated heterocycles. The minimum absolute atomic E-state index is 0.891. The molecule has 1 aliphatic heterocycles. The van der Waals surface area contributed by atoms with Gasteiger partial charge in [-0.3, -0.25) is 0 Å². The summed E-state index contributed by atoms with van der Waals surface area (Å²) in [6.45, 7) is 1.94. The molecule has 1 N–H and O–H groups in total. The molecule has 2 aromatic rings. The van der Waals surface area contributed by atoms with E-state index in [1.807, 2.05) is 5.38 Å². The summed E-state index contributed by atoms with van der Waals surface area (Å²) in [6.07, 6.45) is 3.92. The summed E-state index contributed by atoms with van der Waals surface area (Å²) in [7, 11) is 0. The summed E-state index contributed by atoms with van der Waals surface area (Å²) < 4.78 is 0. The largest absolute Gasteiger partial charge is 0.478 e. The zero-order valence-electron chi connectivity index (χ0n) is 11.0. The predicted octanol–water partition coefficient (Wildman–Crippen LogP) is 3.41. The van der Waals surface area contributed by atoms with E-state index in [1.54, 1.807) is 17.4 Å². The normalized spacial score (nSPS) is 13.9. The molecule has 0 atom stereocenters. The minimum Gasteiger partial charge on any atom is -0.478 e. The molecule has 2 heterocycles. The number of para-hydroxylation sites is 1. The summed E-state index contributed by atoms with van der Waals surface area (Å²) in [5.41, 5.74) is 3.69. The summed E-state index contributed by atoms with van der Waals surface area (Å²) in [5, 5.41) is 10.6. The first-order valence-corrected chi connectivity index (χ1v) is 7.41. The number of fused-ring (bicyclic) bond motifs is 1. The SMILES string of the molecule is O=C(O)C=Cc1csc(CN2CCc3ccccc32)c1. The van der Waals surface area contributed by atoms with Crippen LogP contribution in [0.5, 0.6) is 0 Å². The second-order valence-corrected chi connectivity index (χ2v) is 5.81. The third kappa shape index (κ3) is 2.75. The Bertz CT molecular complexity index is 660. The lowest BCUT2D eigenvalue weighted by Gasteiger charge is -2.18. The Labute approximate surface area is 121 Å². The molecule has 0 saturated carbocycles.